The normalized spacial score (nSPS) is 19.8. The Balaban J connectivity index is 1.36. The molecule has 2 aliphatic rings. The van der Waals surface area contributed by atoms with Crippen LogP contribution in [0.25, 0.3) is 10.9 Å². The molecule has 14 heteroatoms. The monoisotopic (exact) mass is 558 g/mol. The molecule has 2 aromatic carbocycles. The summed E-state index contributed by atoms with van der Waals surface area (Å²) < 4.78 is 30.6. The maximum atomic E-state index is 13.6. The summed E-state index contributed by atoms with van der Waals surface area (Å²) in [7, 11) is 0. The van der Waals surface area contributed by atoms with E-state index >= 15 is 0 Å². The van der Waals surface area contributed by atoms with Crippen molar-refractivity contribution < 1.29 is 23.4 Å². The molecule has 2 saturated heterocycles. The highest BCUT2D eigenvalue weighted by atomic mass is 35.5. The Morgan fingerprint density at radius 3 is 2.62 bits per heavy atom. The number of fused-ring (bicyclic) bond motifs is 2. The lowest BCUT2D eigenvalue weighted by Gasteiger charge is -2.24. The zero-order valence-electron chi connectivity index (χ0n) is 20.8. The van der Waals surface area contributed by atoms with Crippen molar-refractivity contribution >= 4 is 45.6 Å². The molecule has 2 unspecified atom stereocenters. The van der Waals surface area contributed by atoms with Crippen molar-refractivity contribution in [3.8, 4) is 5.75 Å². The van der Waals surface area contributed by atoms with Crippen LogP contribution in [-0.4, -0.2) is 71.8 Å². The third-order valence-corrected chi connectivity index (χ3v) is 6.42. The minimum absolute atomic E-state index is 0.0493. The minimum atomic E-state index is -2.02. The summed E-state index contributed by atoms with van der Waals surface area (Å²) in [5.74, 6) is -2.51. The second-order valence-electron chi connectivity index (χ2n) is 9.23. The average Bonchev–Trinajstić information content (AvgIpc) is 3.29. The van der Waals surface area contributed by atoms with Gasteiger partial charge in [0.25, 0.3) is 5.97 Å². The van der Waals surface area contributed by atoms with Gasteiger partial charge in [-0.2, -0.15) is 0 Å². The molecule has 2 aliphatic heterocycles. The number of hydrogen-bond donors (Lipinski definition) is 5. The Morgan fingerprint density at radius 1 is 1.18 bits per heavy atom. The van der Waals surface area contributed by atoms with Crippen LogP contribution in [0.3, 0.4) is 0 Å². The highest BCUT2D eigenvalue weighted by Gasteiger charge is 2.35. The number of carbonyl (C=O) groups excluding carboxylic acids is 1. The van der Waals surface area contributed by atoms with Gasteiger partial charge in [0, 0.05) is 42.9 Å². The SMILES string of the molecule is NC(N)(N)Oc1cc2ncnc(Nc3ccc(F)c(Cl)c3)c2cc1NC(=O)C=CCN1CC2OCCOC2C1. The maximum Gasteiger partial charge on any atom is 0.271 e. The first-order valence-corrected chi connectivity index (χ1v) is 12.5. The highest BCUT2D eigenvalue weighted by molar-refractivity contribution is 6.31. The molecule has 2 fully saturated rings. The van der Waals surface area contributed by atoms with Crippen molar-refractivity contribution in [3.63, 3.8) is 0 Å². The van der Waals surface area contributed by atoms with Crippen LogP contribution in [0.4, 0.5) is 21.6 Å². The van der Waals surface area contributed by atoms with E-state index in [1.165, 1.54) is 36.7 Å². The van der Waals surface area contributed by atoms with E-state index in [0.29, 0.717) is 42.2 Å². The third-order valence-electron chi connectivity index (χ3n) is 6.13. The summed E-state index contributed by atoms with van der Waals surface area (Å²) in [4.78, 5) is 23.5. The number of nitrogens with one attached hydrogen (secondary N) is 2. The molecular weight excluding hydrogens is 531 g/mol. The summed E-state index contributed by atoms with van der Waals surface area (Å²) >= 11 is 5.91. The van der Waals surface area contributed by atoms with E-state index < -0.39 is 17.7 Å². The van der Waals surface area contributed by atoms with E-state index in [4.69, 9.17) is 43.0 Å². The van der Waals surface area contributed by atoms with E-state index in [1.54, 1.807) is 12.1 Å². The Morgan fingerprint density at radius 2 is 1.92 bits per heavy atom. The first-order valence-electron chi connectivity index (χ1n) is 12.1. The molecule has 1 aromatic heterocycles. The number of likely N-dealkylation sites (tertiary alicyclic amines) is 1. The zero-order valence-corrected chi connectivity index (χ0v) is 21.5. The molecule has 0 bridgehead atoms. The van der Waals surface area contributed by atoms with Crippen molar-refractivity contribution in [2.45, 2.75) is 18.2 Å². The summed E-state index contributed by atoms with van der Waals surface area (Å²) in [5, 5.41) is 6.31. The lowest BCUT2D eigenvalue weighted by molar-refractivity contribution is -0.116. The van der Waals surface area contributed by atoms with Gasteiger partial charge in [0.1, 0.15) is 18.0 Å². The van der Waals surface area contributed by atoms with Crippen LogP contribution in [0.1, 0.15) is 0 Å². The molecule has 5 rings (SSSR count). The van der Waals surface area contributed by atoms with Crippen molar-refractivity contribution in [2.75, 3.05) is 43.5 Å². The van der Waals surface area contributed by atoms with Crippen molar-refractivity contribution in [3.05, 3.63) is 59.7 Å². The molecule has 1 amide bonds. The van der Waals surface area contributed by atoms with E-state index in [2.05, 4.69) is 25.5 Å². The van der Waals surface area contributed by atoms with Crippen LogP contribution in [0.2, 0.25) is 5.02 Å². The molecule has 0 spiro atoms. The third kappa shape index (κ3) is 6.78. The number of nitrogens with zero attached hydrogens (tertiary/aromatic N) is 3. The van der Waals surface area contributed by atoms with Crippen LogP contribution in [0, 0.1) is 5.82 Å². The van der Waals surface area contributed by atoms with Gasteiger partial charge in [0.15, 0.2) is 5.75 Å². The van der Waals surface area contributed by atoms with E-state index in [9.17, 15) is 9.18 Å². The molecule has 12 nitrogen and oxygen atoms in total. The van der Waals surface area contributed by atoms with E-state index in [1.807, 2.05) is 0 Å². The Bertz CT molecular complexity index is 1390. The van der Waals surface area contributed by atoms with Gasteiger partial charge in [0.2, 0.25) is 5.91 Å². The van der Waals surface area contributed by atoms with Crippen molar-refractivity contribution in [2.24, 2.45) is 17.2 Å². The lowest BCUT2D eigenvalue weighted by atomic mass is 10.1. The second-order valence-corrected chi connectivity index (χ2v) is 9.63. The molecule has 3 heterocycles. The lowest BCUT2D eigenvalue weighted by Crippen LogP contribution is -2.62. The Kier molecular flexibility index (Phi) is 7.91. The van der Waals surface area contributed by atoms with Crippen LogP contribution in [0.15, 0.2) is 48.8 Å². The number of benzene rings is 2. The van der Waals surface area contributed by atoms with Crippen LogP contribution >= 0.6 is 11.6 Å². The van der Waals surface area contributed by atoms with Crippen LogP contribution in [-0.2, 0) is 14.3 Å². The fourth-order valence-electron chi connectivity index (χ4n) is 4.44. The number of carbonyl (C=O) groups is 1. The second kappa shape index (κ2) is 11.4. The number of halogens is 2. The predicted molar refractivity (Wildman–Crippen MR) is 144 cm³/mol. The molecule has 0 saturated carbocycles. The average molecular weight is 559 g/mol. The van der Waals surface area contributed by atoms with E-state index in [-0.39, 0.29) is 28.7 Å². The fraction of sp³-hybridized carbons (Fsp3) is 0.320. The first-order chi connectivity index (χ1) is 18.6. The molecule has 8 N–H and O–H groups in total. The zero-order chi connectivity index (χ0) is 27.6. The molecule has 2 atom stereocenters. The van der Waals surface area contributed by atoms with E-state index in [0.717, 1.165) is 13.1 Å². The standard InChI is InChI=1S/C25H28ClFN8O4/c26-16-8-14(3-4-17(16)27)33-24-15-9-19(20(39-25(28,29)30)10-18(15)31-13-32-24)34-23(36)2-1-5-35-11-21-22(12-35)38-7-6-37-21/h1-4,8-10,13,21-22H,5-7,11-12,28-30H2,(H,34,36)(H,31,32,33). The quantitative estimate of drug-likeness (QED) is 0.200. The number of anilines is 3. The first kappa shape index (κ1) is 27.1. The van der Waals surface area contributed by atoms with Gasteiger partial charge < -0.3 is 24.8 Å². The van der Waals surface area contributed by atoms with Crippen molar-refractivity contribution in [1.29, 1.82) is 0 Å². The molecule has 39 heavy (non-hydrogen) atoms. The molecule has 0 aliphatic carbocycles. The number of hydrogen-bond acceptors (Lipinski definition) is 11. The van der Waals surface area contributed by atoms with Gasteiger partial charge in [-0.15, -0.1) is 0 Å². The summed E-state index contributed by atoms with van der Waals surface area (Å²) in [5.41, 5.74) is 18.2. The van der Waals surface area contributed by atoms with Gasteiger partial charge >= 0.3 is 0 Å². The molecule has 3 aromatic rings. The van der Waals surface area contributed by atoms with Gasteiger partial charge in [-0.25, -0.2) is 14.4 Å². The largest absolute Gasteiger partial charge is 0.445 e. The topological polar surface area (TPSA) is 176 Å². The van der Waals surface area contributed by atoms with Gasteiger partial charge in [-0.3, -0.25) is 26.9 Å². The molecule has 0 radical (unpaired) electrons. The summed E-state index contributed by atoms with van der Waals surface area (Å²) in [6, 6.07) is 7.29. The number of ether oxygens (including phenoxy) is 3. The van der Waals surface area contributed by atoms with Crippen LogP contribution in [0.5, 0.6) is 5.75 Å². The summed E-state index contributed by atoms with van der Waals surface area (Å²) in [6.45, 7) is 3.21. The fourth-order valence-corrected chi connectivity index (χ4v) is 4.62. The summed E-state index contributed by atoms with van der Waals surface area (Å²) in [6.07, 6.45) is 4.60. The Labute approximate surface area is 228 Å². The van der Waals surface area contributed by atoms with Crippen LogP contribution < -0.4 is 32.6 Å². The number of rotatable bonds is 8. The van der Waals surface area contributed by atoms with Gasteiger partial charge in [-0.05, 0) is 24.3 Å². The predicted octanol–water partition coefficient (Wildman–Crippen LogP) is 1.63. The maximum absolute atomic E-state index is 13.6. The Hall–Kier alpha value is -3.43. The number of aromatic nitrogens is 2. The molecule has 206 valence electrons. The highest BCUT2D eigenvalue weighted by Crippen LogP contribution is 2.34. The minimum Gasteiger partial charge on any atom is -0.445 e. The smallest absolute Gasteiger partial charge is 0.271 e. The van der Waals surface area contributed by atoms with Gasteiger partial charge in [-0.1, -0.05) is 17.7 Å². The number of amides is 1. The number of nitrogens with two attached hydrogens (primary N) is 3. The van der Waals surface area contributed by atoms with Crippen molar-refractivity contribution in [1.82, 2.24) is 14.9 Å². The molecular formula is C25H28ClFN8O4. The van der Waals surface area contributed by atoms with Gasteiger partial charge in [0.05, 0.1) is 41.6 Å².